The Labute approximate surface area is 123 Å². The lowest BCUT2D eigenvalue weighted by molar-refractivity contribution is 0.475. The number of fused-ring (bicyclic) bond motifs is 1. The van der Waals surface area contributed by atoms with Crippen LogP contribution in [-0.2, 0) is 0 Å². The maximum absolute atomic E-state index is 9.51. The molecule has 4 rings (SSSR count). The highest BCUT2D eigenvalue weighted by Crippen LogP contribution is 2.37. The lowest BCUT2D eigenvalue weighted by Crippen LogP contribution is -1.90. The van der Waals surface area contributed by atoms with Crippen LogP contribution < -0.4 is 5.32 Å². The summed E-state index contributed by atoms with van der Waals surface area (Å²) in [6.07, 6.45) is 3.38. The quantitative estimate of drug-likeness (QED) is 0.526. The number of furan rings is 1. The largest absolute Gasteiger partial charge is 0.508 e. The predicted octanol–water partition coefficient (Wildman–Crippen LogP) is 4.33. The number of anilines is 2. The molecule has 3 aromatic heterocycles. The van der Waals surface area contributed by atoms with E-state index in [0.29, 0.717) is 0 Å². The standard InChI is InChI=1S/C15H11N3O2S/c19-11-3-1-2-10(6-11)16-15-14-12(17-18-15)7-13(21-14)9-4-5-20-8-9/h1-8,19H,(H2,16,17,18). The zero-order valence-corrected chi connectivity index (χ0v) is 11.6. The summed E-state index contributed by atoms with van der Waals surface area (Å²) in [4.78, 5) is 1.12. The predicted molar refractivity (Wildman–Crippen MR) is 83.1 cm³/mol. The first-order chi connectivity index (χ1) is 10.3. The van der Waals surface area contributed by atoms with Gasteiger partial charge in [0.05, 0.1) is 22.7 Å². The van der Waals surface area contributed by atoms with Crippen LogP contribution in [-0.4, -0.2) is 15.3 Å². The Morgan fingerprint density at radius 2 is 2.19 bits per heavy atom. The molecule has 0 aliphatic carbocycles. The molecule has 0 aliphatic heterocycles. The van der Waals surface area contributed by atoms with Crippen molar-refractivity contribution in [2.24, 2.45) is 0 Å². The number of phenols is 1. The van der Waals surface area contributed by atoms with Crippen LogP contribution in [0.3, 0.4) is 0 Å². The fraction of sp³-hybridized carbons (Fsp3) is 0. The van der Waals surface area contributed by atoms with Crippen LogP contribution >= 0.6 is 11.3 Å². The summed E-state index contributed by atoms with van der Waals surface area (Å²) in [5.74, 6) is 0.965. The molecular formula is C15H11N3O2S. The Morgan fingerprint density at radius 3 is 3.00 bits per heavy atom. The van der Waals surface area contributed by atoms with Crippen molar-refractivity contribution < 1.29 is 9.52 Å². The smallest absolute Gasteiger partial charge is 0.170 e. The highest BCUT2D eigenvalue weighted by molar-refractivity contribution is 7.22. The Bertz CT molecular complexity index is 893. The van der Waals surface area contributed by atoms with E-state index in [0.717, 1.165) is 32.2 Å². The SMILES string of the molecule is Oc1cccc(Nc2n[nH]c3cc(-c4ccoc4)sc23)c1. The first-order valence-electron chi connectivity index (χ1n) is 6.36. The highest BCUT2D eigenvalue weighted by atomic mass is 32.1. The van der Waals surface area contributed by atoms with Crippen molar-refractivity contribution in [2.45, 2.75) is 0 Å². The molecule has 0 spiro atoms. The fourth-order valence-corrected chi connectivity index (χ4v) is 3.21. The molecule has 0 fully saturated rings. The Kier molecular flexibility index (Phi) is 2.68. The summed E-state index contributed by atoms with van der Waals surface area (Å²) in [6.45, 7) is 0. The molecule has 104 valence electrons. The van der Waals surface area contributed by atoms with E-state index in [9.17, 15) is 5.11 Å². The van der Waals surface area contributed by atoms with Crippen LogP contribution in [0.2, 0.25) is 0 Å². The molecule has 4 aromatic rings. The van der Waals surface area contributed by atoms with Gasteiger partial charge in [-0.15, -0.1) is 11.3 Å². The third kappa shape index (κ3) is 2.15. The molecule has 0 radical (unpaired) electrons. The Balaban J connectivity index is 1.72. The molecule has 0 aliphatic rings. The topological polar surface area (TPSA) is 74.1 Å². The second-order valence-electron chi connectivity index (χ2n) is 4.61. The van der Waals surface area contributed by atoms with E-state index in [-0.39, 0.29) is 5.75 Å². The second-order valence-corrected chi connectivity index (χ2v) is 5.67. The van der Waals surface area contributed by atoms with Gasteiger partial charge < -0.3 is 14.8 Å². The van der Waals surface area contributed by atoms with Gasteiger partial charge in [-0.25, -0.2) is 0 Å². The van der Waals surface area contributed by atoms with Gasteiger partial charge in [0.1, 0.15) is 5.75 Å². The number of rotatable bonds is 3. The van der Waals surface area contributed by atoms with E-state index in [2.05, 4.69) is 15.5 Å². The van der Waals surface area contributed by atoms with Crippen molar-refractivity contribution in [3.8, 4) is 16.2 Å². The van der Waals surface area contributed by atoms with E-state index >= 15 is 0 Å². The number of thiophene rings is 1. The van der Waals surface area contributed by atoms with E-state index in [1.165, 1.54) is 0 Å². The third-order valence-electron chi connectivity index (χ3n) is 3.15. The molecule has 0 amide bonds. The molecule has 0 unspecified atom stereocenters. The van der Waals surface area contributed by atoms with Gasteiger partial charge in [-0.3, -0.25) is 5.10 Å². The maximum atomic E-state index is 9.51. The van der Waals surface area contributed by atoms with E-state index < -0.39 is 0 Å². The average Bonchev–Trinajstić information content (AvgIpc) is 3.15. The minimum absolute atomic E-state index is 0.219. The number of phenolic OH excluding ortho intramolecular Hbond substituents is 1. The number of hydrogen-bond donors (Lipinski definition) is 3. The van der Waals surface area contributed by atoms with Gasteiger partial charge in [0.25, 0.3) is 0 Å². The van der Waals surface area contributed by atoms with E-state index in [1.807, 2.05) is 18.2 Å². The summed E-state index contributed by atoms with van der Waals surface area (Å²) >= 11 is 1.63. The van der Waals surface area contributed by atoms with E-state index in [4.69, 9.17) is 4.42 Å². The van der Waals surface area contributed by atoms with Crippen LogP contribution in [0.25, 0.3) is 20.7 Å². The minimum atomic E-state index is 0.219. The number of hydrogen-bond acceptors (Lipinski definition) is 5. The van der Waals surface area contributed by atoms with Gasteiger partial charge in [0.15, 0.2) is 5.82 Å². The second kappa shape index (κ2) is 4.68. The molecular weight excluding hydrogens is 286 g/mol. The van der Waals surface area contributed by atoms with Gasteiger partial charge in [-0.2, -0.15) is 5.10 Å². The molecule has 1 aromatic carbocycles. The summed E-state index contributed by atoms with van der Waals surface area (Å²) in [6, 6.07) is 10.9. The lowest BCUT2D eigenvalue weighted by atomic mass is 10.3. The van der Waals surface area contributed by atoms with Crippen molar-refractivity contribution in [3.63, 3.8) is 0 Å². The number of benzene rings is 1. The van der Waals surface area contributed by atoms with Crippen LogP contribution in [0.4, 0.5) is 11.5 Å². The van der Waals surface area contributed by atoms with Crippen LogP contribution in [0.1, 0.15) is 0 Å². The van der Waals surface area contributed by atoms with Gasteiger partial charge in [0.2, 0.25) is 0 Å². The first kappa shape index (κ1) is 12.0. The zero-order chi connectivity index (χ0) is 14.2. The highest BCUT2D eigenvalue weighted by Gasteiger charge is 2.12. The Morgan fingerprint density at radius 1 is 1.24 bits per heavy atom. The van der Waals surface area contributed by atoms with Crippen molar-refractivity contribution in [2.75, 3.05) is 5.32 Å². The van der Waals surface area contributed by atoms with Gasteiger partial charge in [0, 0.05) is 22.2 Å². The van der Waals surface area contributed by atoms with Gasteiger partial charge in [-0.05, 0) is 24.3 Å². The normalized spacial score (nSPS) is 11.0. The number of aromatic hydroxyl groups is 1. The van der Waals surface area contributed by atoms with Crippen LogP contribution in [0, 0.1) is 0 Å². The summed E-state index contributed by atoms with van der Waals surface area (Å²) < 4.78 is 6.15. The molecule has 6 heteroatoms. The number of nitrogens with zero attached hydrogens (tertiary/aromatic N) is 1. The van der Waals surface area contributed by atoms with Gasteiger partial charge in [-0.1, -0.05) is 6.07 Å². The lowest BCUT2D eigenvalue weighted by Gasteiger charge is -2.02. The molecule has 3 N–H and O–H groups in total. The number of nitrogens with one attached hydrogen (secondary N) is 2. The molecule has 0 atom stereocenters. The number of aromatic amines is 1. The molecule has 21 heavy (non-hydrogen) atoms. The molecule has 0 saturated carbocycles. The fourth-order valence-electron chi connectivity index (χ4n) is 2.17. The monoisotopic (exact) mass is 297 g/mol. The van der Waals surface area contributed by atoms with Crippen molar-refractivity contribution in [1.29, 1.82) is 0 Å². The number of aromatic nitrogens is 2. The van der Waals surface area contributed by atoms with Crippen LogP contribution in [0.15, 0.2) is 53.3 Å². The molecule has 0 bridgehead atoms. The molecule has 3 heterocycles. The van der Waals surface area contributed by atoms with Crippen LogP contribution in [0.5, 0.6) is 5.75 Å². The number of H-pyrrole nitrogens is 1. The van der Waals surface area contributed by atoms with E-state index in [1.54, 1.807) is 42.1 Å². The van der Waals surface area contributed by atoms with Gasteiger partial charge >= 0.3 is 0 Å². The van der Waals surface area contributed by atoms with Crippen molar-refractivity contribution in [1.82, 2.24) is 10.2 Å². The minimum Gasteiger partial charge on any atom is -0.508 e. The average molecular weight is 297 g/mol. The molecule has 0 saturated heterocycles. The maximum Gasteiger partial charge on any atom is 0.170 e. The summed E-state index contributed by atoms with van der Waals surface area (Å²) in [5.41, 5.74) is 2.81. The summed E-state index contributed by atoms with van der Waals surface area (Å²) in [7, 11) is 0. The van der Waals surface area contributed by atoms with Crippen molar-refractivity contribution >= 4 is 33.1 Å². The van der Waals surface area contributed by atoms with Crippen molar-refractivity contribution in [3.05, 3.63) is 48.9 Å². The first-order valence-corrected chi connectivity index (χ1v) is 7.18. The zero-order valence-electron chi connectivity index (χ0n) is 10.8. The summed E-state index contributed by atoms with van der Waals surface area (Å²) in [5, 5.41) is 20.0. The Hall–Kier alpha value is -2.73. The third-order valence-corrected chi connectivity index (χ3v) is 4.34. The molecule has 5 nitrogen and oxygen atoms in total.